The Hall–Kier alpha value is -1.74. The third-order valence-electron chi connectivity index (χ3n) is 1.81. The molecule has 0 aliphatic carbocycles. The van der Waals surface area contributed by atoms with E-state index in [1.807, 2.05) is 6.07 Å². The monoisotopic (exact) mass is 289 g/mol. The molecule has 1 heterocycles. The minimum Gasteiger partial charge on any atom is -0.473 e. The van der Waals surface area contributed by atoms with Crippen LogP contribution in [-0.2, 0) is 15.3 Å². The van der Waals surface area contributed by atoms with Gasteiger partial charge in [-0.2, -0.15) is 0 Å². The van der Waals surface area contributed by atoms with Crippen molar-refractivity contribution in [2.75, 3.05) is 0 Å². The van der Waals surface area contributed by atoms with Gasteiger partial charge in [0.2, 0.25) is 0 Å². The Morgan fingerprint density at radius 2 is 1.89 bits per heavy atom. The van der Waals surface area contributed by atoms with Gasteiger partial charge in [0.1, 0.15) is 4.90 Å². The van der Waals surface area contributed by atoms with Crippen molar-refractivity contribution in [2.45, 2.75) is 10.6 Å². The zero-order valence-corrected chi connectivity index (χ0v) is 10.4. The lowest BCUT2D eigenvalue weighted by Gasteiger charge is -1.96. The second-order valence-electron chi connectivity index (χ2n) is 2.98. The van der Waals surface area contributed by atoms with E-state index in [9.17, 15) is 10.1 Å². The molecule has 0 unspecified atom stereocenters. The van der Waals surface area contributed by atoms with Crippen LogP contribution in [0.25, 0.3) is 0 Å². The van der Waals surface area contributed by atoms with Gasteiger partial charge in [-0.1, -0.05) is 22.9 Å². The zero-order valence-electron chi connectivity index (χ0n) is 8.73. The Morgan fingerprint density at radius 1 is 1.28 bits per heavy atom. The maximum Gasteiger partial charge on any atom is 0.414 e. The lowest BCUT2D eigenvalue weighted by Crippen LogP contribution is -2.09. The average molecular weight is 289 g/mol. The number of carboxylic acid groups (broad SMARTS) is 2. The standard InChI is InChI=1S/C7H5NO2S2.C2H2O4/c9-8(10)6-3-1-2-5-4-11-12-7(5)6;3-1(4)2(5)6/h1-3H,4H2;(H,3,4)(H,5,6). The van der Waals surface area contributed by atoms with Gasteiger partial charge in [-0.25, -0.2) is 9.59 Å². The molecule has 18 heavy (non-hydrogen) atoms. The van der Waals surface area contributed by atoms with Crippen molar-refractivity contribution in [3.05, 3.63) is 33.9 Å². The van der Waals surface area contributed by atoms with Gasteiger partial charge in [0, 0.05) is 11.8 Å². The molecule has 0 saturated heterocycles. The van der Waals surface area contributed by atoms with Gasteiger partial charge in [0.25, 0.3) is 5.69 Å². The number of hydrogen-bond acceptors (Lipinski definition) is 6. The molecule has 96 valence electrons. The summed E-state index contributed by atoms with van der Waals surface area (Å²) in [6.07, 6.45) is 0. The van der Waals surface area contributed by atoms with E-state index in [4.69, 9.17) is 19.8 Å². The summed E-state index contributed by atoms with van der Waals surface area (Å²) < 4.78 is 0. The van der Waals surface area contributed by atoms with Crippen LogP contribution < -0.4 is 0 Å². The van der Waals surface area contributed by atoms with Crippen LogP contribution in [0.1, 0.15) is 5.56 Å². The highest BCUT2D eigenvalue weighted by molar-refractivity contribution is 8.76. The molecule has 1 aromatic rings. The molecule has 0 fully saturated rings. The number of benzene rings is 1. The number of rotatable bonds is 1. The molecule has 0 aromatic heterocycles. The van der Waals surface area contributed by atoms with Crippen molar-refractivity contribution in [1.29, 1.82) is 0 Å². The van der Waals surface area contributed by atoms with Crippen LogP contribution in [0.3, 0.4) is 0 Å². The lowest BCUT2D eigenvalue weighted by molar-refractivity contribution is -0.387. The van der Waals surface area contributed by atoms with E-state index in [1.165, 1.54) is 10.8 Å². The van der Waals surface area contributed by atoms with Crippen LogP contribution in [-0.4, -0.2) is 27.1 Å². The molecule has 2 rings (SSSR count). The quantitative estimate of drug-likeness (QED) is 0.349. The van der Waals surface area contributed by atoms with E-state index in [0.717, 1.165) is 16.2 Å². The molecule has 2 N–H and O–H groups in total. The fourth-order valence-electron chi connectivity index (χ4n) is 1.08. The van der Waals surface area contributed by atoms with Crippen molar-refractivity contribution >= 4 is 39.2 Å². The Kier molecular flexibility index (Phi) is 4.98. The van der Waals surface area contributed by atoms with E-state index >= 15 is 0 Å². The molecular weight excluding hydrogens is 282 g/mol. The first-order valence-corrected chi connectivity index (χ1v) is 6.77. The molecule has 7 nitrogen and oxygen atoms in total. The summed E-state index contributed by atoms with van der Waals surface area (Å²) in [5.41, 5.74) is 1.32. The van der Waals surface area contributed by atoms with Crippen LogP contribution in [0, 0.1) is 10.1 Å². The number of carboxylic acids is 2. The summed E-state index contributed by atoms with van der Waals surface area (Å²) in [5, 5.41) is 25.3. The van der Waals surface area contributed by atoms with E-state index in [1.54, 1.807) is 22.9 Å². The second kappa shape index (κ2) is 6.26. The molecule has 0 bridgehead atoms. The van der Waals surface area contributed by atoms with Crippen molar-refractivity contribution in [3.8, 4) is 0 Å². The molecule has 1 aromatic carbocycles. The topological polar surface area (TPSA) is 118 Å². The fourth-order valence-corrected chi connectivity index (χ4v) is 3.68. The Bertz CT molecular complexity index is 492. The van der Waals surface area contributed by atoms with Gasteiger partial charge in [-0.05, 0) is 16.4 Å². The number of hydrogen-bond donors (Lipinski definition) is 2. The molecule has 9 heteroatoms. The van der Waals surface area contributed by atoms with Crippen LogP contribution >= 0.6 is 21.6 Å². The first-order chi connectivity index (χ1) is 8.43. The normalized spacial score (nSPS) is 12.0. The molecule has 1 aliphatic heterocycles. The van der Waals surface area contributed by atoms with Gasteiger partial charge in [-0.15, -0.1) is 0 Å². The summed E-state index contributed by atoms with van der Waals surface area (Å²) in [5.74, 6) is -2.77. The largest absolute Gasteiger partial charge is 0.473 e. The van der Waals surface area contributed by atoms with Gasteiger partial charge in [0.05, 0.1) is 4.92 Å². The molecule has 0 amide bonds. The van der Waals surface area contributed by atoms with Gasteiger partial charge in [-0.3, -0.25) is 10.1 Å². The third kappa shape index (κ3) is 3.64. The third-order valence-corrected chi connectivity index (χ3v) is 4.20. The van der Waals surface area contributed by atoms with E-state index in [2.05, 4.69) is 0 Å². The average Bonchev–Trinajstić information content (AvgIpc) is 2.76. The lowest BCUT2D eigenvalue weighted by atomic mass is 10.2. The van der Waals surface area contributed by atoms with Crippen LogP contribution in [0.15, 0.2) is 23.1 Å². The summed E-state index contributed by atoms with van der Waals surface area (Å²) >= 11 is 0. The van der Waals surface area contributed by atoms with Crippen molar-refractivity contribution in [2.24, 2.45) is 0 Å². The first kappa shape index (κ1) is 14.3. The number of carbonyl (C=O) groups is 2. The molecule has 1 aliphatic rings. The Labute approximate surface area is 109 Å². The van der Waals surface area contributed by atoms with Gasteiger partial charge in [0.15, 0.2) is 0 Å². The first-order valence-electron chi connectivity index (χ1n) is 4.45. The maximum atomic E-state index is 10.5. The maximum absolute atomic E-state index is 10.5. The highest BCUT2D eigenvalue weighted by atomic mass is 33.1. The van der Waals surface area contributed by atoms with Crippen molar-refractivity contribution in [1.82, 2.24) is 0 Å². The van der Waals surface area contributed by atoms with E-state index in [-0.39, 0.29) is 10.6 Å². The molecule has 0 saturated carbocycles. The number of nitrogens with zero attached hydrogens (tertiary/aromatic N) is 1. The van der Waals surface area contributed by atoms with Crippen LogP contribution in [0.4, 0.5) is 5.69 Å². The molecule has 0 radical (unpaired) electrons. The smallest absolute Gasteiger partial charge is 0.414 e. The zero-order chi connectivity index (χ0) is 13.7. The molecule has 0 atom stereocenters. The summed E-state index contributed by atoms with van der Waals surface area (Å²) in [4.78, 5) is 29.2. The number of aliphatic carboxylic acids is 2. The van der Waals surface area contributed by atoms with Crippen LogP contribution in [0.5, 0.6) is 0 Å². The van der Waals surface area contributed by atoms with Crippen LogP contribution in [0.2, 0.25) is 0 Å². The minimum absolute atomic E-state index is 0.238. The Morgan fingerprint density at radius 3 is 2.39 bits per heavy atom. The van der Waals surface area contributed by atoms with Crippen molar-refractivity contribution < 1.29 is 24.7 Å². The van der Waals surface area contributed by atoms with E-state index < -0.39 is 11.9 Å². The highest BCUT2D eigenvalue weighted by Gasteiger charge is 2.22. The summed E-state index contributed by atoms with van der Waals surface area (Å²) in [6, 6.07) is 5.23. The number of nitro groups is 1. The summed E-state index contributed by atoms with van der Waals surface area (Å²) in [6.45, 7) is 0. The fraction of sp³-hybridized carbons (Fsp3) is 0.111. The number of nitro benzene ring substituents is 1. The highest BCUT2D eigenvalue weighted by Crippen LogP contribution is 2.48. The van der Waals surface area contributed by atoms with E-state index in [0.29, 0.717) is 0 Å². The number of fused-ring (bicyclic) bond motifs is 1. The predicted octanol–water partition coefficient (Wildman–Crippen LogP) is 2.00. The van der Waals surface area contributed by atoms with Gasteiger partial charge >= 0.3 is 11.9 Å². The Balaban J connectivity index is 0.000000232. The van der Waals surface area contributed by atoms with Gasteiger partial charge < -0.3 is 10.2 Å². The predicted molar refractivity (Wildman–Crippen MR) is 65.5 cm³/mol. The molecular formula is C9H7NO6S2. The minimum atomic E-state index is -1.82. The second-order valence-corrected chi connectivity index (χ2v) is 5.28. The molecule has 0 spiro atoms. The van der Waals surface area contributed by atoms with Crippen molar-refractivity contribution in [3.63, 3.8) is 0 Å². The SMILES string of the molecule is O=C(O)C(=O)O.O=[N+]([O-])c1cccc2c1SSC2. The summed E-state index contributed by atoms with van der Waals surface area (Å²) in [7, 11) is 3.14.